The monoisotopic (exact) mass is 414 g/mol. The van der Waals surface area contributed by atoms with E-state index in [4.69, 9.17) is 21.1 Å². The molecule has 27 heavy (non-hydrogen) atoms. The molecular weight excluding hydrogens is 395 g/mol. The van der Waals surface area contributed by atoms with Gasteiger partial charge in [0.15, 0.2) is 11.5 Å². The van der Waals surface area contributed by atoms with Gasteiger partial charge in [-0.25, -0.2) is 4.39 Å². The summed E-state index contributed by atoms with van der Waals surface area (Å²) in [6.07, 6.45) is 1.03. The Morgan fingerprint density at radius 2 is 1.78 bits per heavy atom. The van der Waals surface area contributed by atoms with Crippen LogP contribution in [0, 0.1) is 5.82 Å². The first kappa shape index (κ1) is 21.0. The van der Waals surface area contributed by atoms with Gasteiger partial charge < -0.3 is 9.47 Å². The van der Waals surface area contributed by atoms with Gasteiger partial charge in [-0.1, -0.05) is 12.1 Å². The number of ether oxygens (including phenoxy) is 2. The van der Waals surface area contributed by atoms with Crippen LogP contribution in [0.2, 0.25) is 0 Å². The van der Waals surface area contributed by atoms with Crippen LogP contribution in [0.25, 0.3) is 0 Å². The highest BCUT2D eigenvalue weighted by Gasteiger charge is 2.17. The Balaban J connectivity index is 2.31. The largest absolute Gasteiger partial charge is 0.493 e. The third-order valence-electron chi connectivity index (χ3n) is 3.69. The number of sulfonamides is 1. The van der Waals surface area contributed by atoms with E-state index in [0.29, 0.717) is 35.7 Å². The second kappa shape index (κ2) is 9.57. The Kier molecular flexibility index (Phi) is 7.44. The molecule has 0 amide bonds. The number of hydrazone groups is 1. The van der Waals surface area contributed by atoms with E-state index in [-0.39, 0.29) is 16.5 Å². The number of halogens is 2. The minimum Gasteiger partial charge on any atom is -0.493 e. The van der Waals surface area contributed by atoms with Crippen molar-refractivity contribution in [3.63, 3.8) is 0 Å². The Bertz CT molecular complexity index is 902. The summed E-state index contributed by atoms with van der Waals surface area (Å²) in [6, 6.07) is 9.86. The summed E-state index contributed by atoms with van der Waals surface area (Å²) in [5, 5.41) is 4.03. The molecule has 2 aromatic rings. The molecule has 0 radical (unpaired) electrons. The highest BCUT2D eigenvalue weighted by molar-refractivity contribution is 7.89. The standard InChI is InChI=1S/C18H20ClFN2O4S/c1-25-17-10-9-15(12-18(17)26-2)27(23,24)22-21-16(4-3-11-19)13-5-7-14(20)8-6-13/h5-10,12,22H,3-4,11H2,1-2H3/b21-16+. The molecule has 2 rings (SSSR count). The van der Waals surface area contributed by atoms with E-state index in [0.717, 1.165) is 0 Å². The Hall–Kier alpha value is -2.32. The number of benzene rings is 2. The quantitative estimate of drug-likeness (QED) is 0.387. The van der Waals surface area contributed by atoms with E-state index in [1.807, 2.05) is 0 Å². The summed E-state index contributed by atoms with van der Waals surface area (Å²) >= 11 is 5.73. The molecule has 0 fully saturated rings. The summed E-state index contributed by atoms with van der Waals surface area (Å²) in [6.45, 7) is 0. The van der Waals surface area contributed by atoms with Gasteiger partial charge in [-0.2, -0.15) is 18.4 Å². The number of hydrogen-bond acceptors (Lipinski definition) is 5. The molecule has 1 N–H and O–H groups in total. The maximum absolute atomic E-state index is 13.1. The first-order valence-electron chi connectivity index (χ1n) is 8.03. The van der Waals surface area contributed by atoms with Crippen LogP contribution in [0.1, 0.15) is 18.4 Å². The predicted molar refractivity (Wildman–Crippen MR) is 103 cm³/mol. The van der Waals surface area contributed by atoms with E-state index in [9.17, 15) is 12.8 Å². The van der Waals surface area contributed by atoms with Crippen LogP contribution in [-0.4, -0.2) is 34.2 Å². The van der Waals surface area contributed by atoms with Crippen LogP contribution in [0.3, 0.4) is 0 Å². The van der Waals surface area contributed by atoms with Gasteiger partial charge in [-0.05, 0) is 42.7 Å². The number of rotatable bonds is 9. The van der Waals surface area contributed by atoms with E-state index >= 15 is 0 Å². The van der Waals surface area contributed by atoms with Crippen molar-refractivity contribution in [1.29, 1.82) is 0 Å². The third kappa shape index (κ3) is 5.58. The molecule has 6 nitrogen and oxygen atoms in total. The van der Waals surface area contributed by atoms with Gasteiger partial charge >= 0.3 is 0 Å². The molecule has 0 unspecified atom stereocenters. The van der Waals surface area contributed by atoms with Crippen LogP contribution >= 0.6 is 11.6 Å². The molecule has 0 aromatic heterocycles. The van der Waals surface area contributed by atoms with E-state index in [1.54, 1.807) is 0 Å². The Labute approximate surface area is 163 Å². The molecule has 2 aromatic carbocycles. The zero-order valence-corrected chi connectivity index (χ0v) is 16.5. The third-order valence-corrected chi connectivity index (χ3v) is 5.16. The lowest BCUT2D eigenvalue weighted by Gasteiger charge is -2.11. The maximum Gasteiger partial charge on any atom is 0.276 e. The van der Waals surface area contributed by atoms with Crippen molar-refractivity contribution < 1.29 is 22.3 Å². The maximum atomic E-state index is 13.1. The van der Waals surface area contributed by atoms with Crippen molar-refractivity contribution in [3.8, 4) is 11.5 Å². The Morgan fingerprint density at radius 3 is 2.37 bits per heavy atom. The molecule has 0 aliphatic heterocycles. The van der Waals surface area contributed by atoms with Crippen molar-refractivity contribution in [3.05, 3.63) is 53.8 Å². The van der Waals surface area contributed by atoms with Crippen LogP contribution in [0.4, 0.5) is 4.39 Å². The molecule has 9 heteroatoms. The van der Waals surface area contributed by atoms with Crippen LogP contribution in [-0.2, 0) is 10.0 Å². The smallest absolute Gasteiger partial charge is 0.276 e. The minimum absolute atomic E-state index is 0.0281. The lowest BCUT2D eigenvalue weighted by atomic mass is 10.1. The van der Waals surface area contributed by atoms with E-state index in [1.165, 1.54) is 56.7 Å². The molecule has 146 valence electrons. The molecular formula is C18H20ClFN2O4S. The summed E-state index contributed by atoms with van der Waals surface area (Å²) in [7, 11) is -1.06. The molecule has 0 saturated carbocycles. The molecule has 0 spiro atoms. The van der Waals surface area contributed by atoms with E-state index in [2.05, 4.69) is 9.93 Å². The zero-order chi connectivity index (χ0) is 19.9. The number of hydrogen-bond donors (Lipinski definition) is 1. The summed E-state index contributed by atoms with van der Waals surface area (Å²) < 4.78 is 48.5. The zero-order valence-electron chi connectivity index (χ0n) is 14.9. The van der Waals surface area contributed by atoms with Gasteiger partial charge in [0.05, 0.1) is 24.8 Å². The average molecular weight is 415 g/mol. The molecule has 0 atom stereocenters. The highest BCUT2D eigenvalue weighted by Crippen LogP contribution is 2.29. The number of nitrogens with zero attached hydrogens (tertiary/aromatic N) is 1. The van der Waals surface area contributed by atoms with Gasteiger partial charge in [0, 0.05) is 11.9 Å². The first-order valence-corrected chi connectivity index (χ1v) is 10.1. The lowest BCUT2D eigenvalue weighted by molar-refractivity contribution is 0.354. The van der Waals surface area contributed by atoms with Crippen LogP contribution in [0.15, 0.2) is 52.5 Å². The van der Waals surface area contributed by atoms with Crippen molar-refractivity contribution in [2.24, 2.45) is 5.10 Å². The molecule has 0 bridgehead atoms. The summed E-state index contributed by atoms with van der Waals surface area (Å²) in [4.78, 5) is 2.19. The van der Waals surface area contributed by atoms with Crippen molar-refractivity contribution in [1.82, 2.24) is 4.83 Å². The fourth-order valence-corrected chi connectivity index (χ4v) is 3.27. The topological polar surface area (TPSA) is 77.0 Å². The minimum atomic E-state index is -3.93. The second-order valence-electron chi connectivity index (χ2n) is 5.47. The van der Waals surface area contributed by atoms with Gasteiger partial charge in [-0.3, -0.25) is 0 Å². The number of nitrogens with one attached hydrogen (secondary N) is 1. The van der Waals surface area contributed by atoms with Crippen LogP contribution < -0.4 is 14.3 Å². The first-order chi connectivity index (χ1) is 12.9. The summed E-state index contributed by atoms with van der Waals surface area (Å²) in [5.41, 5.74) is 1.07. The van der Waals surface area contributed by atoms with Crippen molar-refractivity contribution in [2.45, 2.75) is 17.7 Å². The molecule has 0 aliphatic carbocycles. The van der Waals surface area contributed by atoms with Gasteiger partial charge in [0.25, 0.3) is 10.0 Å². The van der Waals surface area contributed by atoms with Crippen molar-refractivity contribution in [2.75, 3.05) is 20.1 Å². The predicted octanol–water partition coefficient (Wildman–Crippen LogP) is 3.54. The molecule has 0 aliphatic rings. The van der Waals surface area contributed by atoms with Gasteiger partial charge in [-0.15, -0.1) is 11.6 Å². The van der Waals surface area contributed by atoms with E-state index < -0.39 is 10.0 Å². The fourth-order valence-electron chi connectivity index (χ4n) is 2.29. The normalized spacial score (nSPS) is 11.9. The van der Waals surface area contributed by atoms with Gasteiger partial charge in [0.1, 0.15) is 5.82 Å². The Morgan fingerprint density at radius 1 is 1.11 bits per heavy atom. The molecule has 0 heterocycles. The SMILES string of the molecule is COc1ccc(S(=O)(=O)N/N=C(\CCCCl)c2ccc(F)cc2)cc1OC. The highest BCUT2D eigenvalue weighted by atomic mass is 35.5. The fraction of sp³-hybridized carbons (Fsp3) is 0.278. The van der Waals surface area contributed by atoms with Crippen LogP contribution in [0.5, 0.6) is 11.5 Å². The average Bonchev–Trinajstić information content (AvgIpc) is 2.68. The summed E-state index contributed by atoms with van der Waals surface area (Å²) in [5.74, 6) is 0.698. The van der Waals surface area contributed by atoms with Gasteiger partial charge in [0.2, 0.25) is 0 Å². The second-order valence-corrected chi connectivity index (χ2v) is 7.51. The number of methoxy groups -OCH3 is 2. The van der Waals surface area contributed by atoms with Crippen molar-refractivity contribution >= 4 is 27.3 Å². The number of alkyl halides is 1. The molecule has 0 saturated heterocycles. The lowest BCUT2D eigenvalue weighted by Crippen LogP contribution is -2.21.